The van der Waals surface area contributed by atoms with E-state index in [1.165, 1.54) is 32.1 Å². The van der Waals surface area contributed by atoms with Gasteiger partial charge in [0.1, 0.15) is 0 Å². The molecule has 4 nitrogen and oxygen atoms in total. The van der Waals surface area contributed by atoms with Gasteiger partial charge < -0.3 is 10.7 Å². The summed E-state index contributed by atoms with van der Waals surface area (Å²) < 4.78 is 0. The zero-order valence-electron chi connectivity index (χ0n) is 12.2. The summed E-state index contributed by atoms with van der Waals surface area (Å²) >= 11 is 0. The number of carbonyl (C=O) groups is 1. The second kappa shape index (κ2) is 7.29. The zero-order valence-corrected chi connectivity index (χ0v) is 12.2. The average Bonchev–Trinajstić information content (AvgIpc) is 2.41. The van der Waals surface area contributed by atoms with Gasteiger partial charge in [-0.3, -0.25) is 10.6 Å². The molecule has 1 aliphatic rings. The van der Waals surface area contributed by atoms with Crippen molar-refractivity contribution in [1.29, 1.82) is 0 Å². The van der Waals surface area contributed by atoms with Gasteiger partial charge in [-0.15, -0.1) is 0 Å². The molecule has 1 amide bonds. The van der Waals surface area contributed by atoms with E-state index in [0.717, 1.165) is 29.7 Å². The lowest BCUT2D eigenvalue weighted by Gasteiger charge is -2.21. The van der Waals surface area contributed by atoms with Crippen LogP contribution in [0.2, 0.25) is 0 Å². The number of amides is 1. The van der Waals surface area contributed by atoms with Crippen LogP contribution < -0.4 is 16.6 Å². The SMILES string of the molecule is Cc1cc(NN)ccc1C(=O)NC1CCCCCCC1. The van der Waals surface area contributed by atoms with Crippen molar-refractivity contribution in [2.24, 2.45) is 5.84 Å². The van der Waals surface area contributed by atoms with Crippen molar-refractivity contribution in [3.05, 3.63) is 29.3 Å². The monoisotopic (exact) mass is 275 g/mol. The van der Waals surface area contributed by atoms with E-state index in [1.807, 2.05) is 25.1 Å². The fourth-order valence-corrected chi connectivity index (χ4v) is 2.87. The van der Waals surface area contributed by atoms with Gasteiger partial charge in [-0.05, 0) is 43.5 Å². The third-order valence-corrected chi connectivity index (χ3v) is 4.08. The van der Waals surface area contributed by atoms with Crippen molar-refractivity contribution in [2.75, 3.05) is 5.43 Å². The van der Waals surface area contributed by atoms with Crippen molar-refractivity contribution in [1.82, 2.24) is 5.32 Å². The van der Waals surface area contributed by atoms with Gasteiger partial charge in [-0.2, -0.15) is 0 Å². The number of rotatable bonds is 3. The number of benzene rings is 1. The summed E-state index contributed by atoms with van der Waals surface area (Å²) in [5.41, 5.74) is 5.11. The molecule has 0 radical (unpaired) electrons. The summed E-state index contributed by atoms with van der Waals surface area (Å²) in [5.74, 6) is 5.41. The lowest BCUT2D eigenvalue weighted by atomic mass is 9.96. The van der Waals surface area contributed by atoms with Crippen LogP contribution in [-0.2, 0) is 0 Å². The largest absolute Gasteiger partial charge is 0.349 e. The van der Waals surface area contributed by atoms with Gasteiger partial charge >= 0.3 is 0 Å². The number of nitrogens with two attached hydrogens (primary N) is 1. The highest BCUT2D eigenvalue weighted by molar-refractivity contribution is 5.96. The van der Waals surface area contributed by atoms with E-state index in [9.17, 15) is 4.79 Å². The molecule has 0 atom stereocenters. The molecule has 0 unspecified atom stereocenters. The molecule has 1 aromatic rings. The summed E-state index contributed by atoms with van der Waals surface area (Å²) in [4.78, 5) is 12.4. The standard InChI is InChI=1S/C16H25N3O/c1-12-11-14(19-17)9-10-15(12)16(20)18-13-7-5-3-2-4-6-8-13/h9-11,13,19H,2-8,17H2,1H3,(H,18,20). The fourth-order valence-electron chi connectivity index (χ4n) is 2.87. The van der Waals surface area contributed by atoms with Gasteiger partial charge in [0.25, 0.3) is 5.91 Å². The second-order valence-corrected chi connectivity index (χ2v) is 5.69. The highest BCUT2D eigenvalue weighted by Crippen LogP contribution is 2.19. The average molecular weight is 275 g/mol. The van der Waals surface area contributed by atoms with Crippen LogP contribution in [0, 0.1) is 6.92 Å². The lowest BCUT2D eigenvalue weighted by molar-refractivity contribution is 0.0930. The van der Waals surface area contributed by atoms with Crippen molar-refractivity contribution in [2.45, 2.75) is 57.9 Å². The smallest absolute Gasteiger partial charge is 0.251 e. The zero-order chi connectivity index (χ0) is 14.4. The fraction of sp³-hybridized carbons (Fsp3) is 0.562. The maximum Gasteiger partial charge on any atom is 0.251 e. The predicted molar refractivity (Wildman–Crippen MR) is 82.6 cm³/mol. The summed E-state index contributed by atoms with van der Waals surface area (Å²) in [6, 6.07) is 5.89. The molecule has 0 saturated heterocycles. The van der Waals surface area contributed by atoms with E-state index in [0.29, 0.717) is 6.04 Å². The van der Waals surface area contributed by atoms with Gasteiger partial charge in [0.2, 0.25) is 0 Å². The van der Waals surface area contributed by atoms with Crippen molar-refractivity contribution in [3.8, 4) is 0 Å². The first-order valence-electron chi connectivity index (χ1n) is 7.59. The number of nitrogen functional groups attached to an aromatic ring is 1. The molecule has 1 aliphatic carbocycles. The Hall–Kier alpha value is -1.55. The Balaban J connectivity index is 1.99. The lowest BCUT2D eigenvalue weighted by Crippen LogP contribution is -2.35. The quantitative estimate of drug-likeness (QED) is 0.586. The van der Waals surface area contributed by atoms with Crippen LogP contribution in [0.3, 0.4) is 0 Å². The van der Waals surface area contributed by atoms with Crippen LogP contribution in [0.1, 0.15) is 60.9 Å². The Kier molecular flexibility index (Phi) is 5.41. The first-order valence-corrected chi connectivity index (χ1v) is 7.59. The van der Waals surface area contributed by atoms with E-state index in [4.69, 9.17) is 5.84 Å². The van der Waals surface area contributed by atoms with E-state index >= 15 is 0 Å². The van der Waals surface area contributed by atoms with Gasteiger partial charge in [0.05, 0.1) is 0 Å². The summed E-state index contributed by atoms with van der Waals surface area (Å²) in [6.45, 7) is 1.94. The molecule has 0 aromatic heterocycles. The van der Waals surface area contributed by atoms with Crippen LogP contribution in [0.15, 0.2) is 18.2 Å². The minimum atomic E-state index is 0.0386. The van der Waals surface area contributed by atoms with E-state index < -0.39 is 0 Å². The number of hydrazine groups is 1. The third-order valence-electron chi connectivity index (χ3n) is 4.08. The van der Waals surface area contributed by atoms with Crippen LogP contribution in [-0.4, -0.2) is 11.9 Å². The second-order valence-electron chi connectivity index (χ2n) is 5.69. The number of nitrogens with one attached hydrogen (secondary N) is 2. The summed E-state index contributed by atoms with van der Waals surface area (Å²) in [6.07, 6.45) is 8.58. The number of hydrogen-bond acceptors (Lipinski definition) is 3. The van der Waals surface area contributed by atoms with Crippen LogP contribution >= 0.6 is 0 Å². The highest BCUT2D eigenvalue weighted by Gasteiger charge is 2.16. The minimum absolute atomic E-state index is 0.0386. The first kappa shape index (κ1) is 14.9. The molecule has 1 aromatic carbocycles. The number of hydrogen-bond donors (Lipinski definition) is 3. The molecule has 110 valence electrons. The number of carbonyl (C=O) groups excluding carboxylic acids is 1. The van der Waals surface area contributed by atoms with E-state index in [-0.39, 0.29) is 5.91 Å². The molecular formula is C16H25N3O. The Bertz CT molecular complexity index is 451. The maximum atomic E-state index is 12.4. The van der Waals surface area contributed by atoms with Crippen LogP contribution in [0.5, 0.6) is 0 Å². The van der Waals surface area contributed by atoms with Crippen molar-refractivity contribution >= 4 is 11.6 Å². The Morgan fingerprint density at radius 1 is 1.15 bits per heavy atom. The maximum absolute atomic E-state index is 12.4. The van der Waals surface area contributed by atoms with E-state index in [1.54, 1.807) is 0 Å². The van der Waals surface area contributed by atoms with Gasteiger partial charge in [0, 0.05) is 17.3 Å². The van der Waals surface area contributed by atoms with Crippen LogP contribution in [0.4, 0.5) is 5.69 Å². The van der Waals surface area contributed by atoms with Gasteiger partial charge in [-0.1, -0.05) is 32.1 Å². The summed E-state index contributed by atoms with van der Waals surface area (Å²) in [7, 11) is 0. The molecule has 0 heterocycles. The van der Waals surface area contributed by atoms with Gasteiger partial charge in [-0.25, -0.2) is 0 Å². The molecule has 20 heavy (non-hydrogen) atoms. The molecule has 2 rings (SSSR count). The molecule has 0 bridgehead atoms. The van der Waals surface area contributed by atoms with Gasteiger partial charge in [0.15, 0.2) is 0 Å². The van der Waals surface area contributed by atoms with Crippen LogP contribution in [0.25, 0.3) is 0 Å². The number of anilines is 1. The number of aryl methyl sites for hydroxylation is 1. The first-order chi connectivity index (χ1) is 9.70. The van der Waals surface area contributed by atoms with Crippen molar-refractivity contribution in [3.63, 3.8) is 0 Å². The molecular weight excluding hydrogens is 250 g/mol. The Labute approximate surface area is 121 Å². The Morgan fingerprint density at radius 2 is 1.80 bits per heavy atom. The van der Waals surface area contributed by atoms with E-state index in [2.05, 4.69) is 10.7 Å². The Morgan fingerprint density at radius 3 is 2.40 bits per heavy atom. The predicted octanol–water partition coefficient (Wildman–Crippen LogP) is 3.12. The molecule has 4 heteroatoms. The van der Waals surface area contributed by atoms with Crippen molar-refractivity contribution < 1.29 is 4.79 Å². The minimum Gasteiger partial charge on any atom is -0.349 e. The molecule has 0 spiro atoms. The summed E-state index contributed by atoms with van der Waals surface area (Å²) in [5, 5.41) is 3.19. The third kappa shape index (κ3) is 3.97. The molecule has 0 aliphatic heterocycles. The molecule has 1 saturated carbocycles. The normalized spacial score (nSPS) is 17.1. The topological polar surface area (TPSA) is 67.1 Å². The molecule has 4 N–H and O–H groups in total. The molecule has 1 fully saturated rings. The highest BCUT2D eigenvalue weighted by atomic mass is 16.1.